The molecule has 0 aliphatic rings. The van der Waals surface area contributed by atoms with Crippen molar-refractivity contribution in [3.63, 3.8) is 0 Å². The Balaban J connectivity index is 2.16. The topological polar surface area (TPSA) is 63.1 Å². The first-order chi connectivity index (χ1) is 8.56. The highest BCUT2D eigenvalue weighted by atomic mass is 32.2. The zero-order valence-corrected chi connectivity index (χ0v) is 11.0. The van der Waals surface area contributed by atoms with Gasteiger partial charge in [-0.3, -0.25) is 0 Å². The quantitative estimate of drug-likeness (QED) is 0.874. The van der Waals surface area contributed by atoms with Crippen LogP contribution in [0.25, 0.3) is 0 Å². The van der Waals surface area contributed by atoms with Crippen molar-refractivity contribution in [1.82, 2.24) is 9.36 Å². The van der Waals surface area contributed by atoms with Gasteiger partial charge < -0.3 is 5.11 Å². The molecule has 18 heavy (non-hydrogen) atoms. The van der Waals surface area contributed by atoms with Gasteiger partial charge in [-0.15, -0.1) is 0 Å². The molecule has 0 aliphatic carbocycles. The van der Waals surface area contributed by atoms with E-state index in [4.69, 9.17) is 5.11 Å². The second-order valence-corrected chi connectivity index (χ2v) is 5.48. The summed E-state index contributed by atoms with van der Waals surface area (Å²) in [7, 11) is 0. The van der Waals surface area contributed by atoms with Crippen LogP contribution in [0.1, 0.15) is 21.7 Å². The number of hydrogen-bond acceptors (Lipinski definition) is 5. The van der Waals surface area contributed by atoms with Crippen molar-refractivity contribution < 1.29 is 14.3 Å². The Morgan fingerprint density at radius 2 is 2.33 bits per heavy atom. The van der Waals surface area contributed by atoms with Crippen molar-refractivity contribution in [1.29, 1.82) is 0 Å². The summed E-state index contributed by atoms with van der Waals surface area (Å²) in [5.41, 5.74) is 0.561. The smallest absolute Gasteiger partial charge is 0.336 e. The molecule has 1 N–H and O–H groups in total. The number of hydrogen-bond donors (Lipinski definition) is 1. The molecular weight excluding hydrogens is 275 g/mol. The lowest BCUT2D eigenvalue weighted by atomic mass is 10.1. The van der Waals surface area contributed by atoms with Gasteiger partial charge in [0.1, 0.15) is 11.6 Å². The molecule has 1 heterocycles. The van der Waals surface area contributed by atoms with E-state index < -0.39 is 11.8 Å². The number of aromatic nitrogens is 2. The summed E-state index contributed by atoms with van der Waals surface area (Å²) in [4.78, 5) is 15.2. The minimum atomic E-state index is -1.13. The van der Waals surface area contributed by atoms with E-state index in [9.17, 15) is 9.18 Å². The predicted octanol–water partition coefficient (Wildman–Crippen LogP) is 2.98. The maximum atomic E-state index is 13.0. The maximum absolute atomic E-state index is 13.0. The van der Waals surface area contributed by atoms with Crippen LogP contribution in [0.3, 0.4) is 0 Å². The van der Waals surface area contributed by atoms with E-state index in [1.807, 2.05) is 0 Å². The normalized spacial score (nSPS) is 10.6. The van der Waals surface area contributed by atoms with Crippen molar-refractivity contribution in [3.05, 3.63) is 41.0 Å². The molecule has 0 amide bonds. The van der Waals surface area contributed by atoms with Crippen LogP contribution in [-0.4, -0.2) is 20.4 Å². The highest BCUT2D eigenvalue weighted by Crippen LogP contribution is 2.26. The minimum Gasteiger partial charge on any atom is -0.478 e. The van der Waals surface area contributed by atoms with Crippen LogP contribution in [0.15, 0.2) is 22.5 Å². The van der Waals surface area contributed by atoms with Gasteiger partial charge in [0.25, 0.3) is 0 Å². The minimum absolute atomic E-state index is 0.0104. The summed E-state index contributed by atoms with van der Waals surface area (Å²) in [6.07, 6.45) is 0. The summed E-state index contributed by atoms with van der Waals surface area (Å²) >= 11 is 2.66. The fraction of sp³-hybridized carbons (Fsp3) is 0.182. The molecule has 0 fully saturated rings. The molecule has 94 valence electrons. The lowest BCUT2D eigenvalue weighted by Gasteiger charge is -2.04. The second kappa shape index (κ2) is 5.45. The number of carbonyl (C=O) groups is 1. The number of benzene rings is 1. The fourth-order valence-electron chi connectivity index (χ4n) is 1.35. The SMILES string of the molecule is Cc1nsc(SCc2ccc(F)cc2C(=O)O)n1. The summed E-state index contributed by atoms with van der Waals surface area (Å²) in [6.45, 7) is 1.79. The van der Waals surface area contributed by atoms with Crippen LogP contribution in [0.4, 0.5) is 4.39 Å². The molecule has 0 aliphatic heterocycles. The van der Waals surface area contributed by atoms with Gasteiger partial charge in [-0.05, 0) is 36.2 Å². The van der Waals surface area contributed by atoms with E-state index in [1.165, 1.54) is 35.4 Å². The molecule has 7 heteroatoms. The van der Waals surface area contributed by atoms with Gasteiger partial charge in [-0.2, -0.15) is 4.37 Å². The summed E-state index contributed by atoms with van der Waals surface area (Å²) in [5, 5.41) is 8.99. The third-order valence-corrected chi connectivity index (χ3v) is 4.14. The van der Waals surface area contributed by atoms with E-state index in [0.29, 0.717) is 17.1 Å². The highest BCUT2D eigenvalue weighted by molar-refractivity contribution is 8.00. The molecule has 0 saturated heterocycles. The van der Waals surface area contributed by atoms with Gasteiger partial charge in [-0.1, -0.05) is 17.8 Å². The van der Waals surface area contributed by atoms with Crippen molar-refractivity contribution in [2.24, 2.45) is 0 Å². The van der Waals surface area contributed by atoms with Crippen molar-refractivity contribution in [3.8, 4) is 0 Å². The Kier molecular flexibility index (Phi) is 3.93. The lowest BCUT2D eigenvalue weighted by Crippen LogP contribution is -2.02. The van der Waals surface area contributed by atoms with Crippen molar-refractivity contribution in [2.45, 2.75) is 17.0 Å². The number of nitrogens with zero attached hydrogens (tertiary/aromatic N) is 2. The Bertz CT molecular complexity index is 586. The van der Waals surface area contributed by atoms with Gasteiger partial charge >= 0.3 is 5.97 Å². The zero-order chi connectivity index (χ0) is 13.1. The lowest BCUT2D eigenvalue weighted by molar-refractivity contribution is 0.0695. The van der Waals surface area contributed by atoms with Gasteiger partial charge in [-0.25, -0.2) is 14.2 Å². The molecule has 4 nitrogen and oxygen atoms in total. The first-order valence-electron chi connectivity index (χ1n) is 5.01. The Morgan fingerprint density at radius 3 is 2.94 bits per heavy atom. The summed E-state index contributed by atoms with van der Waals surface area (Å²) < 4.78 is 17.8. The molecule has 1 aromatic heterocycles. The van der Waals surface area contributed by atoms with Crippen molar-refractivity contribution >= 4 is 29.3 Å². The third-order valence-electron chi connectivity index (χ3n) is 2.16. The molecule has 0 spiro atoms. The molecular formula is C11H9FN2O2S2. The third kappa shape index (κ3) is 3.05. The number of aromatic carboxylic acids is 1. The monoisotopic (exact) mass is 284 g/mol. The van der Waals surface area contributed by atoms with E-state index in [-0.39, 0.29) is 5.56 Å². The first kappa shape index (κ1) is 13.0. The number of rotatable bonds is 4. The molecule has 0 radical (unpaired) electrons. The van der Waals surface area contributed by atoms with E-state index >= 15 is 0 Å². The Hall–Kier alpha value is -1.47. The van der Waals surface area contributed by atoms with Crippen LogP contribution in [0, 0.1) is 12.7 Å². The van der Waals surface area contributed by atoms with Gasteiger partial charge in [0.15, 0.2) is 4.34 Å². The van der Waals surface area contributed by atoms with E-state index in [0.717, 1.165) is 10.4 Å². The number of carboxylic acids is 1. The van der Waals surface area contributed by atoms with Gasteiger partial charge in [0.2, 0.25) is 0 Å². The summed E-state index contributed by atoms with van der Waals surface area (Å²) in [5.74, 6) is -0.553. The molecule has 2 rings (SSSR count). The maximum Gasteiger partial charge on any atom is 0.336 e. The number of thioether (sulfide) groups is 1. The molecule has 1 aromatic carbocycles. The highest BCUT2D eigenvalue weighted by Gasteiger charge is 2.12. The van der Waals surface area contributed by atoms with Crippen LogP contribution in [-0.2, 0) is 5.75 Å². The van der Waals surface area contributed by atoms with Gasteiger partial charge in [0.05, 0.1) is 5.56 Å². The van der Waals surface area contributed by atoms with Crippen LogP contribution >= 0.6 is 23.3 Å². The van der Waals surface area contributed by atoms with E-state index in [1.54, 1.807) is 6.92 Å². The van der Waals surface area contributed by atoms with Crippen LogP contribution < -0.4 is 0 Å². The Labute approximate surface area is 111 Å². The predicted molar refractivity (Wildman–Crippen MR) is 67.6 cm³/mol. The number of aryl methyl sites for hydroxylation is 1. The molecule has 0 unspecified atom stereocenters. The van der Waals surface area contributed by atoms with Crippen LogP contribution in [0.5, 0.6) is 0 Å². The second-order valence-electron chi connectivity index (χ2n) is 3.50. The van der Waals surface area contributed by atoms with E-state index in [2.05, 4.69) is 9.36 Å². The zero-order valence-electron chi connectivity index (χ0n) is 9.38. The average Bonchev–Trinajstić information content (AvgIpc) is 2.73. The van der Waals surface area contributed by atoms with Crippen molar-refractivity contribution in [2.75, 3.05) is 0 Å². The fourth-order valence-corrected chi connectivity index (χ4v) is 3.00. The number of carboxylic acid groups (broad SMARTS) is 1. The molecule has 2 aromatic rings. The molecule has 0 saturated carbocycles. The van der Waals surface area contributed by atoms with Crippen LogP contribution in [0.2, 0.25) is 0 Å². The number of halogens is 1. The summed E-state index contributed by atoms with van der Waals surface area (Å²) in [6, 6.07) is 3.77. The van der Waals surface area contributed by atoms with Gasteiger partial charge in [0, 0.05) is 5.75 Å². The Morgan fingerprint density at radius 1 is 1.56 bits per heavy atom. The molecule has 0 atom stereocenters. The largest absolute Gasteiger partial charge is 0.478 e. The standard InChI is InChI=1S/C11H9FN2O2S2/c1-6-13-11(18-14-6)17-5-7-2-3-8(12)4-9(7)10(15)16/h2-4H,5H2,1H3,(H,15,16). The molecule has 0 bridgehead atoms. The first-order valence-corrected chi connectivity index (χ1v) is 6.77. The average molecular weight is 284 g/mol.